The first-order valence-electron chi connectivity index (χ1n) is 33.7. The minimum absolute atomic E-state index is 0.0823. The van der Waals surface area contributed by atoms with Gasteiger partial charge in [0.2, 0.25) is 0 Å². The SMILES string of the molecule is CC/C=C\C/C=C\C/C=C\C/C=C\C/C=C\CCCCCCCCCCCC(=O)OCC(COC(=O)CCCCCCC/C=C\CCCC)OC(=O)CCCCCCCCCCCCCCC/C=C\C/C=C\CCCCCCC. The van der Waals surface area contributed by atoms with E-state index in [1.165, 1.54) is 180 Å². The molecule has 0 fully saturated rings. The summed E-state index contributed by atoms with van der Waals surface area (Å²) in [5.74, 6) is -0.887. The number of unbranched alkanes of at least 4 members (excludes halogenated alkanes) is 34. The topological polar surface area (TPSA) is 78.9 Å². The molecule has 0 heterocycles. The van der Waals surface area contributed by atoms with E-state index in [0.29, 0.717) is 19.3 Å². The second-order valence-corrected chi connectivity index (χ2v) is 22.3. The molecule has 0 aliphatic heterocycles. The van der Waals surface area contributed by atoms with Crippen LogP contribution in [0.4, 0.5) is 0 Å². The van der Waals surface area contributed by atoms with Crippen LogP contribution in [0, 0.1) is 0 Å². The Hall–Kier alpha value is -3.67. The molecule has 0 aliphatic rings. The van der Waals surface area contributed by atoms with Gasteiger partial charge in [-0.1, -0.05) is 291 Å². The molecule has 0 saturated heterocycles. The highest BCUT2D eigenvalue weighted by Crippen LogP contribution is 2.17. The fourth-order valence-electron chi connectivity index (χ4n) is 9.48. The minimum atomic E-state index is -0.785. The first-order chi connectivity index (χ1) is 39.0. The minimum Gasteiger partial charge on any atom is -0.462 e. The Balaban J connectivity index is 4.26. The lowest BCUT2D eigenvalue weighted by Crippen LogP contribution is -2.30. The van der Waals surface area contributed by atoms with Crippen molar-refractivity contribution >= 4 is 17.9 Å². The molecule has 1 atom stereocenters. The standard InChI is InChI=1S/C73H126O6/c1-4-7-10-13-16-19-22-24-26-28-30-32-34-36-38-40-42-44-46-48-51-54-57-60-63-66-72(75)78-69-70(68-77-71(74)65-62-59-56-53-50-21-18-15-12-9-6-3)79-73(76)67-64-61-58-55-52-49-47-45-43-41-39-37-35-33-31-29-27-25-23-20-17-14-11-8-5-2/h7,10,15-16,18-19,23-26,29-32,36,38,70H,4-6,8-9,11-14,17,20-22,27-28,33-35,37,39-69H2,1-3H3/b10-7-,18-15-,19-16-,25-23-,26-24-,31-29-,32-30-,38-36-. The van der Waals surface area contributed by atoms with Crippen molar-refractivity contribution in [2.75, 3.05) is 13.2 Å². The number of allylic oxidation sites excluding steroid dienone is 16. The van der Waals surface area contributed by atoms with Gasteiger partial charge in [-0.2, -0.15) is 0 Å². The quantitative estimate of drug-likeness (QED) is 0.0261. The number of esters is 3. The van der Waals surface area contributed by atoms with Gasteiger partial charge in [-0.15, -0.1) is 0 Å². The van der Waals surface area contributed by atoms with Crippen LogP contribution in [0.25, 0.3) is 0 Å². The Morgan fingerprint density at radius 2 is 0.506 bits per heavy atom. The van der Waals surface area contributed by atoms with Gasteiger partial charge >= 0.3 is 17.9 Å². The van der Waals surface area contributed by atoms with Gasteiger partial charge < -0.3 is 14.2 Å². The second-order valence-electron chi connectivity index (χ2n) is 22.3. The molecule has 79 heavy (non-hydrogen) atoms. The van der Waals surface area contributed by atoms with Crippen LogP contribution in [-0.4, -0.2) is 37.2 Å². The van der Waals surface area contributed by atoms with Gasteiger partial charge in [-0.3, -0.25) is 14.4 Å². The van der Waals surface area contributed by atoms with Gasteiger partial charge in [-0.25, -0.2) is 0 Å². The lowest BCUT2D eigenvalue weighted by molar-refractivity contribution is -0.167. The molecule has 0 aromatic heterocycles. The third kappa shape index (κ3) is 65.0. The van der Waals surface area contributed by atoms with E-state index in [0.717, 1.165) is 109 Å². The normalized spacial score (nSPS) is 12.7. The molecule has 0 amide bonds. The molecule has 0 radical (unpaired) electrons. The van der Waals surface area contributed by atoms with Crippen LogP contribution in [0.2, 0.25) is 0 Å². The first kappa shape index (κ1) is 75.3. The Labute approximate surface area is 489 Å². The third-order valence-electron chi connectivity index (χ3n) is 14.5. The Morgan fingerprint density at radius 3 is 0.823 bits per heavy atom. The predicted molar refractivity (Wildman–Crippen MR) is 344 cm³/mol. The summed E-state index contributed by atoms with van der Waals surface area (Å²) in [6.45, 7) is 6.50. The third-order valence-corrected chi connectivity index (χ3v) is 14.5. The monoisotopic (exact) mass is 1100 g/mol. The molecular weight excluding hydrogens is 973 g/mol. The van der Waals surface area contributed by atoms with E-state index in [1.54, 1.807) is 0 Å². The summed E-state index contributed by atoms with van der Waals surface area (Å²) < 4.78 is 16.9. The summed E-state index contributed by atoms with van der Waals surface area (Å²) in [6.07, 6.45) is 90.0. The van der Waals surface area contributed by atoms with Crippen molar-refractivity contribution in [1.29, 1.82) is 0 Å². The van der Waals surface area contributed by atoms with Crippen LogP contribution in [0.3, 0.4) is 0 Å². The maximum Gasteiger partial charge on any atom is 0.306 e. The average molecular weight is 1100 g/mol. The van der Waals surface area contributed by atoms with Gasteiger partial charge in [0.1, 0.15) is 13.2 Å². The second kappa shape index (κ2) is 66.8. The Kier molecular flexibility index (Phi) is 63.7. The average Bonchev–Trinajstić information content (AvgIpc) is 3.45. The molecule has 0 aliphatic carbocycles. The molecule has 0 rings (SSSR count). The van der Waals surface area contributed by atoms with E-state index in [-0.39, 0.29) is 31.1 Å². The van der Waals surface area contributed by atoms with E-state index in [1.807, 2.05) is 0 Å². The molecule has 0 bridgehead atoms. The fourth-order valence-corrected chi connectivity index (χ4v) is 9.48. The largest absolute Gasteiger partial charge is 0.462 e. The molecule has 0 N–H and O–H groups in total. The number of rotatable bonds is 61. The van der Waals surface area contributed by atoms with E-state index in [9.17, 15) is 14.4 Å². The van der Waals surface area contributed by atoms with Gasteiger partial charge in [0.05, 0.1) is 0 Å². The van der Waals surface area contributed by atoms with Crippen LogP contribution in [0.15, 0.2) is 97.2 Å². The Bertz CT molecular complexity index is 1540. The highest BCUT2D eigenvalue weighted by Gasteiger charge is 2.19. The summed E-state index contributed by atoms with van der Waals surface area (Å²) in [4.78, 5) is 38.3. The summed E-state index contributed by atoms with van der Waals surface area (Å²) in [7, 11) is 0. The van der Waals surface area contributed by atoms with Gasteiger partial charge in [0, 0.05) is 19.3 Å². The summed E-state index contributed by atoms with van der Waals surface area (Å²) >= 11 is 0. The number of carbonyl (C=O) groups excluding carboxylic acids is 3. The molecule has 6 nitrogen and oxygen atoms in total. The molecular formula is C73H126O6. The van der Waals surface area contributed by atoms with E-state index < -0.39 is 6.10 Å². The molecule has 0 aromatic carbocycles. The van der Waals surface area contributed by atoms with Crippen molar-refractivity contribution in [1.82, 2.24) is 0 Å². The maximum absolute atomic E-state index is 12.9. The molecule has 6 heteroatoms. The highest BCUT2D eigenvalue weighted by atomic mass is 16.6. The zero-order valence-electron chi connectivity index (χ0n) is 52.1. The molecule has 0 saturated carbocycles. The first-order valence-corrected chi connectivity index (χ1v) is 33.7. The smallest absolute Gasteiger partial charge is 0.306 e. The lowest BCUT2D eigenvalue weighted by atomic mass is 10.0. The van der Waals surface area contributed by atoms with E-state index in [2.05, 4.69) is 118 Å². The Morgan fingerprint density at radius 1 is 0.266 bits per heavy atom. The van der Waals surface area contributed by atoms with Crippen molar-refractivity contribution in [3.8, 4) is 0 Å². The lowest BCUT2D eigenvalue weighted by Gasteiger charge is -2.18. The van der Waals surface area contributed by atoms with Gasteiger partial charge in [-0.05, 0) is 116 Å². The van der Waals surface area contributed by atoms with Crippen molar-refractivity contribution in [2.45, 2.75) is 335 Å². The van der Waals surface area contributed by atoms with Gasteiger partial charge in [0.25, 0.3) is 0 Å². The highest BCUT2D eigenvalue weighted by molar-refractivity contribution is 5.71. The van der Waals surface area contributed by atoms with Crippen molar-refractivity contribution in [3.63, 3.8) is 0 Å². The predicted octanol–water partition coefficient (Wildman–Crippen LogP) is 23.2. The van der Waals surface area contributed by atoms with Gasteiger partial charge in [0.15, 0.2) is 6.10 Å². The maximum atomic E-state index is 12.9. The number of hydrogen-bond donors (Lipinski definition) is 0. The van der Waals surface area contributed by atoms with Crippen molar-refractivity contribution in [2.24, 2.45) is 0 Å². The van der Waals surface area contributed by atoms with Crippen molar-refractivity contribution < 1.29 is 28.6 Å². The van der Waals surface area contributed by atoms with Crippen LogP contribution in [-0.2, 0) is 28.6 Å². The molecule has 0 spiro atoms. The fraction of sp³-hybridized carbons (Fsp3) is 0.740. The summed E-state index contributed by atoms with van der Waals surface area (Å²) in [5, 5.41) is 0. The summed E-state index contributed by atoms with van der Waals surface area (Å²) in [6, 6.07) is 0. The summed E-state index contributed by atoms with van der Waals surface area (Å²) in [5.41, 5.74) is 0. The van der Waals surface area contributed by atoms with Crippen LogP contribution in [0.1, 0.15) is 329 Å². The number of carbonyl (C=O) groups is 3. The van der Waals surface area contributed by atoms with Crippen LogP contribution < -0.4 is 0 Å². The zero-order chi connectivity index (χ0) is 57.1. The number of hydrogen-bond acceptors (Lipinski definition) is 6. The van der Waals surface area contributed by atoms with E-state index in [4.69, 9.17) is 14.2 Å². The molecule has 0 aromatic rings. The van der Waals surface area contributed by atoms with Crippen LogP contribution >= 0.6 is 0 Å². The number of ether oxygens (including phenoxy) is 3. The molecule has 454 valence electrons. The van der Waals surface area contributed by atoms with Crippen molar-refractivity contribution in [3.05, 3.63) is 97.2 Å². The zero-order valence-corrected chi connectivity index (χ0v) is 52.1. The van der Waals surface area contributed by atoms with E-state index >= 15 is 0 Å². The molecule has 1 unspecified atom stereocenters. The van der Waals surface area contributed by atoms with Crippen LogP contribution in [0.5, 0.6) is 0 Å².